The molecule has 2 aliphatic heterocycles. The van der Waals surface area contributed by atoms with Gasteiger partial charge in [-0.15, -0.1) is 0 Å². The molecular formula is C18H23ClN4O2S. The Bertz CT molecular complexity index is 879. The van der Waals surface area contributed by atoms with Crippen molar-refractivity contribution in [3.63, 3.8) is 0 Å². The Balaban J connectivity index is 1.51. The molecule has 0 amide bonds. The van der Waals surface area contributed by atoms with Crippen LogP contribution in [-0.2, 0) is 28.7 Å². The first kappa shape index (κ1) is 17.9. The smallest absolute Gasteiger partial charge is 0.218 e. The van der Waals surface area contributed by atoms with Gasteiger partial charge in [0, 0.05) is 43.6 Å². The standard InChI is InChI=1S/C18H23ClN4O2S/c19-17-7-6-14(10-20-17)13-26(24,25)22-8-3-4-15(12-22)18-21-11-16-5-1-2-9-23(16)18/h6-7,10-11,15H,1-5,8-9,12-13H2. The van der Waals surface area contributed by atoms with E-state index < -0.39 is 10.0 Å². The van der Waals surface area contributed by atoms with Crippen LogP contribution in [0.1, 0.15) is 48.7 Å². The average molecular weight is 395 g/mol. The van der Waals surface area contributed by atoms with E-state index in [0.29, 0.717) is 23.8 Å². The first-order valence-electron chi connectivity index (χ1n) is 9.15. The highest BCUT2D eigenvalue weighted by atomic mass is 35.5. The summed E-state index contributed by atoms with van der Waals surface area (Å²) in [4.78, 5) is 8.63. The minimum Gasteiger partial charge on any atom is -0.332 e. The lowest BCUT2D eigenvalue weighted by Gasteiger charge is -2.32. The second-order valence-electron chi connectivity index (χ2n) is 7.16. The quantitative estimate of drug-likeness (QED) is 0.747. The van der Waals surface area contributed by atoms with Crippen molar-refractivity contribution in [3.8, 4) is 0 Å². The number of piperidine rings is 1. The van der Waals surface area contributed by atoms with Crippen molar-refractivity contribution in [2.75, 3.05) is 13.1 Å². The summed E-state index contributed by atoms with van der Waals surface area (Å²) in [6.07, 6.45) is 8.83. The number of halogens is 1. The summed E-state index contributed by atoms with van der Waals surface area (Å²) in [5, 5.41) is 0.369. The molecule has 0 N–H and O–H groups in total. The zero-order chi connectivity index (χ0) is 18.1. The molecule has 4 rings (SSSR count). The number of sulfonamides is 1. The van der Waals surface area contributed by atoms with Gasteiger partial charge in [0.05, 0.1) is 5.75 Å². The van der Waals surface area contributed by atoms with E-state index >= 15 is 0 Å². The zero-order valence-electron chi connectivity index (χ0n) is 14.6. The SMILES string of the molecule is O=S(=O)(Cc1ccc(Cl)nc1)N1CCCC(c2ncc3n2CCCC3)C1. The van der Waals surface area contributed by atoms with Crippen LogP contribution < -0.4 is 0 Å². The van der Waals surface area contributed by atoms with Crippen LogP contribution in [0.15, 0.2) is 24.5 Å². The molecule has 0 saturated carbocycles. The molecule has 6 nitrogen and oxygen atoms in total. The number of aryl methyl sites for hydroxylation is 1. The molecule has 1 atom stereocenters. The monoisotopic (exact) mass is 394 g/mol. The maximum Gasteiger partial charge on any atom is 0.218 e. The fourth-order valence-electron chi connectivity index (χ4n) is 3.99. The van der Waals surface area contributed by atoms with Crippen LogP contribution in [0.25, 0.3) is 0 Å². The first-order chi connectivity index (χ1) is 12.5. The minimum atomic E-state index is -3.38. The second kappa shape index (κ2) is 7.29. The lowest BCUT2D eigenvalue weighted by molar-refractivity contribution is 0.302. The largest absolute Gasteiger partial charge is 0.332 e. The number of aromatic nitrogens is 3. The summed E-state index contributed by atoms with van der Waals surface area (Å²) in [6, 6.07) is 3.35. The van der Waals surface area contributed by atoms with Crippen LogP contribution in [-0.4, -0.2) is 40.3 Å². The van der Waals surface area contributed by atoms with Crippen molar-refractivity contribution in [2.45, 2.75) is 50.3 Å². The molecule has 0 radical (unpaired) electrons. The van der Waals surface area contributed by atoms with E-state index in [0.717, 1.165) is 31.6 Å². The molecule has 2 aromatic rings. The number of nitrogens with zero attached hydrogens (tertiary/aromatic N) is 4. The zero-order valence-corrected chi connectivity index (χ0v) is 16.2. The summed E-state index contributed by atoms with van der Waals surface area (Å²) in [7, 11) is -3.38. The molecule has 1 fully saturated rings. The number of hydrogen-bond acceptors (Lipinski definition) is 4. The van der Waals surface area contributed by atoms with Gasteiger partial charge in [-0.05, 0) is 43.7 Å². The molecule has 1 unspecified atom stereocenters. The number of fused-ring (bicyclic) bond motifs is 1. The number of rotatable bonds is 4. The normalized spacial score (nSPS) is 21.5. The van der Waals surface area contributed by atoms with Crippen LogP contribution in [0.2, 0.25) is 5.15 Å². The number of imidazole rings is 1. The van der Waals surface area contributed by atoms with Gasteiger partial charge in [-0.3, -0.25) is 0 Å². The van der Waals surface area contributed by atoms with E-state index in [1.54, 1.807) is 16.4 Å². The maximum atomic E-state index is 12.9. The summed E-state index contributed by atoms with van der Waals surface area (Å²) in [5.41, 5.74) is 1.95. The van der Waals surface area contributed by atoms with Crippen LogP contribution in [0.5, 0.6) is 0 Å². The Morgan fingerprint density at radius 1 is 1.12 bits per heavy atom. The lowest BCUT2D eigenvalue weighted by atomic mass is 9.98. The molecule has 8 heteroatoms. The van der Waals surface area contributed by atoms with E-state index in [9.17, 15) is 8.42 Å². The Morgan fingerprint density at radius 2 is 2.00 bits per heavy atom. The lowest BCUT2D eigenvalue weighted by Crippen LogP contribution is -2.40. The van der Waals surface area contributed by atoms with E-state index in [1.165, 1.54) is 24.7 Å². The Kier molecular flexibility index (Phi) is 5.03. The number of hydrogen-bond donors (Lipinski definition) is 0. The summed E-state index contributed by atoms with van der Waals surface area (Å²) < 4.78 is 29.7. The van der Waals surface area contributed by atoms with Crippen LogP contribution >= 0.6 is 11.6 Å². The van der Waals surface area contributed by atoms with Crippen molar-refractivity contribution >= 4 is 21.6 Å². The molecule has 1 saturated heterocycles. The van der Waals surface area contributed by atoms with Gasteiger partial charge >= 0.3 is 0 Å². The molecule has 2 aromatic heterocycles. The van der Waals surface area contributed by atoms with Gasteiger partial charge in [0.1, 0.15) is 11.0 Å². The highest BCUT2D eigenvalue weighted by Crippen LogP contribution is 2.30. The topological polar surface area (TPSA) is 68.1 Å². The molecule has 0 spiro atoms. The highest BCUT2D eigenvalue weighted by Gasteiger charge is 2.32. The van der Waals surface area contributed by atoms with E-state index in [1.807, 2.05) is 6.20 Å². The Morgan fingerprint density at radius 3 is 2.81 bits per heavy atom. The molecule has 0 aliphatic carbocycles. The number of pyridine rings is 1. The van der Waals surface area contributed by atoms with Crippen LogP contribution in [0, 0.1) is 0 Å². The Labute approximate surface area is 159 Å². The second-order valence-corrected chi connectivity index (χ2v) is 9.52. The maximum absolute atomic E-state index is 12.9. The van der Waals surface area contributed by atoms with Gasteiger partial charge < -0.3 is 4.57 Å². The van der Waals surface area contributed by atoms with Crippen molar-refractivity contribution in [1.29, 1.82) is 0 Å². The minimum absolute atomic E-state index is 0.0381. The van der Waals surface area contributed by atoms with Gasteiger partial charge in [0.15, 0.2) is 0 Å². The van der Waals surface area contributed by atoms with Crippen molar-refractivity contribution in [3.05, 3.63) is 46.8 Å². The van der Waals surface area contributed by atoms with E-state index in [4.69, 9.17) is 11.6 Å². The fraction of sp³-hybridized carbons (Fsp3) is 0.556. The molecular weight excluding hydrogens is 372 g/mol. The van der Waals surface area contributed by atoms with E-state index in [-0.39, 0.29) is 11.7 Å². The van der Waals surface area contributed by atoms with Crippen LogP contribution in [0.4, 0.5) is 0 Å². The third kappa shape index (κ3) is 3.66. The average Bonchev–Trinajstić information content (AvgIpc) is 3.08. The van der Waals surface area contributed by atoms with Crippen molar-refractivity contribution in [1.82, 2.24) is 18.8 Å². The third-order valence-electron chi connectivity index (χ3n) is 5.31. The van der Waals surface area contributed by atoms with E-state index in [2.05, 4.69) is 14.5 Å². The summed E-state index contributed by atoms with van der Waals surface area (Å²) >= 11 is 5.79. The third-order valence-corrected chi connectivity index (χ3v) is 7.35. The molecule has 2 aliphatic rings. The first-order valence-corrected chi connectivity index (χ1v) is 11.1. The van der Waals surface area contributed by atoms with Crippen LogP contribution in [0.3, 0.4) is 0 Å². The van der Waals surface area contributed by atoms with Gasteiger partial charge in [0.2, 0.25) is 10.0 Å². The Hall–Kier alpha value is -1.44. The molecule has 4 heterocycles. The summed E-state index contributed by atoms with van der Waals surface area (Å²) in [5.74, 6) is 1.20. The van der Waals surface area contributed by atoms with Gasteiger partial charge in [-0.1, -0.05) is 17.7 Å². The molecule has 26 heavy (non-hydrogen) atoms. The predicted octanol–water partition coefficient (Wildman–Crippen LogP) is 2.98. The molecule has 0 bridgehead atoms. The highest BCUT2D eigenvalue weighted by molar-refractivity contribution is 7.88. The fourth-order valence-corrected chi connectivity index (χ4v) is 5.69. The van der Waals surface area contributed by atoms with Crippen molar-refractivity contribution in [2.24, 2.45) is 0 Å². The predicted molar refractivity (Wildman–Crippen MR) is 101 cm³/mol. The van der Waals surface area contributed by atoms with Crippen molar-refractivity contribution < 1.29 is 8.42 Å². The summed E-state index contributed by atoms with van der Waals surface area (Å²) in [6.45, 7) is 2.09. The van der Waals surface area contributed by atoms with Gasteiger partial charge in [-0.25, -0.2) is 22.7 Å². The molecule has 0 aromatic carbocycles. The van der Waals surface area contributed by atoms with Gasteiger partial charge in [0.25, 0.3) is 0 Å². The van der Waals surface area contributed by atoms with Gasteiger partial charge in [-0.2, -0.15) is 0 Å². The molecule has 140 valence electrons.